The Labute approximate surface area is 127 Å². The second-order valence-corrected chi connectivity index (χ2v) is 7.80. The number of thiophene rings is 1. The van der Waals surface area contributed by atoms with Crippen LogP contribution in [0.5, 0.6) is 0 Å². The summed E-state index contributed by atoms with van der Waals surface area (Å²) in [5, 5.41) is 8.83. The highest BCUT2D eigenvalue weighted by Crippen LogP contribution is 2.25. The van der Waals surface area contributed by atoms with E-state index in [1.54, 1.807) is 12.1 Å². The first-order valence-electron chi connectivity index (χ1n) is 6.25. The van der Waals surface area contributed by atoms with E-state index in [-0.39, 0.29) is 9.09 Å². The van der Waals surface area contributed by atoms with Gasteiger partial charge >= 0.3 is 5.97 Å². The molecular formula is C14H15NO4S2. The molecule has 2 N–H and O–H groups in total. The third kappa shape index (κ3) is 3.62. The van der Waals surface area contributed by atoms with Crippen molar-refractivity contribution in [2.24, 2.45) is 0 Å². The standard InChI is InChI=1S/C14H15NO4S2/c1-9(2)10-3-5-11(6-4-10)15-21(18,19)13-8-7-12(20-13)14(16)17/h3-9,15H,1-2H3,(H,16,17). The van der Waals surface area contributed by atoms with Gasteiger partial charge in [-0.2, -0.15) is 0 Å². The smallest absolute Gasteiger partial charge is 0.345 e. The molecule has 0 saturated carbocycles. The van der Waals surface area contributed by atoms with Crippen molar-refractivity contribution >= 4 is 33.0 Å². The van der Waals surface area contributed by atoms with Gasteiger partial charge in [-0.15, -0.1) is 11.3 Å². The lowest BCUT2D eigenvalue weighted by Crippen LogP contribution is -2.11. The molecule has 0 aliphatic carbocycles. The molecule has 1 heterocycles. The Bertz CT molecular complexity index is 746. The number of sulfonamides is 1. The molecule has 112 valence electrons. The summed E-state index contributed by atoms with van der Waals surface area (Å²) in [7, 11) is -3.75. The van der Waals surface area contributed by atoms with Crippen molar-refractivity contribution in [3.05, 3.63) is 46.8 Å². The van der Waals surface area contributed by atoms with Crippen molar-refractivity contribution in [1.82, 2.24) is 0 Å². The van der Waals surface area contributed by atoms with Gasteiger partial charge in [-0.1, -0.05) is 26.0 Å². The fraction of sp³-hybridized carbons (Fsp3) is 0.214. The van der Waals surface area contributed by atoms with E-state index in [2.05, 4.69) is 18.6 Å². The second-order valence-electron chi connectivity index (χ2n) is 4.81. The maximum atomic E-state index is 12.2. The molecule has 0 saturated heterocycles. The fourth-order valence-electron chi connectivity index (χ4n) is 1.72. The molecule has 0 spiro atoms. The maximum absolute atomic E-state index is 12.2. The van der Waals surface area contributed by atoms with Crippen molar-refractivity contribution in [2.75, 3.05) is 4.72 Å². The van der Waals surface area contributed by atoms with Crippen molar-refractivity contribution in [3.63, 3.8) is 0 Å². The molecule has 0 radical (unpaired) electrons. The predicted molar refractivity (Wildman–Crippen MR) is 82.6 cm³/mol. The average molecular weight is 325 g/mol. The lowest BCUT2D eigenvalue weighted by Gasteiger charge is -2.09. The number of anilines is 1. The Kier molecular flexibility index (Phi) is 4.34. The highest BCUT2D eigenvalue weighted by atomic mass is 32.2. The van der Waals surface area contributed by atoms with Gasteiger partial charge in [-0.05, 0) is 35.7 Å². The van der Waals surface area contributed by atoms with E-state index in [0.29, 0.717) is 11.6 Å². The summed E-state index contributed by atoms with van der Waals surface area (Å²) in [6.45, 7) is 4.11. The van der Waals surface area contributed by atoms with Gasteiger partial charge in [-0.25, -0.2) is 13.2 Å². The first-order chi connectivity index (χ1) is 9.79. The van der Waals surface area contributed by atoms with Gasteiger partial charge in [0.15, 0.2) is 0 Å². The van der Waals surface area contributed by atoms with Crippen LogP contribution in [-0.2, 0) is 10.0 Å². The number of benzene rings is 1. The molecule has 0 unspecified atom stereocenters. The summed E-state index contributed by atoms with van der Waals surface area (Å²) in [5.74, 6) is -0.770. The van der Waals surface area contributed by atoms with Crippen molar-refractivity contribution < 1.29 is 18.3 Å². The summed E-state index contributed by atoms with van der Waals surface area (Å²) in [6, 6.07) is 9.68. The van der Waals surface area contributed by atoms with E-state index in [1.807, 2.05) is 12.1 Å². The van der Waals surface area contributed by atoms with Gasteiger partial charge in [0.05, 0.1) is 0 Å². The van der Waals surface area contributed by atoms with E-state index in [0.717, 1.165) is 16.9 Å². The number of nitrogens with one attached hydrogen (secondary N) is 1. The number of rotatable bonds is 5. The minimum absolute atomic E-state index is 0.00877. The first-order valence-corrected chi connectivity index (χ1v) is 8.55. The molecule has 7 heteroatoms. The van der Waals surface area contributed by atoms with E-state index in [4.69, 9.17) is 5.11 Å². The Morgan fingerprint density at radius 1 is 1.14 bits per heavy atom. The van der Waals surface area contributed by atoms with Gasteiger partial charge in [0.1, 0.15) is 9.09 Å². The monoisotopic (exact) mass is 325 g/mol. The van der Waals surface area contributed by atoms with Crippen LogP contribution < -0.4 is 4.72 Å². The SMILES string of the molecule is CC(C)c1ccc(NS(=O)(=O)c2ccc(C(=O)O)s2)cc1. The Hall–Kier alpha value is -1.86. The highest BCUT2D eigenvalue weighted by molar-refractivity contribution is 7.94. The van der Waals surface area contributed by atoms with Crippen LogP contribution in [0.2, 0.25) is 0 Å². The zero-order chi connectivity index (χ0) is 15.6. The number of hydrogen-bond acceptors (Lipinski definition) is 4. The van der Waals surface area contributed by atoms with Crippen LogP contribution in [0, 0.1) is 0 Å². The zero-order valence-electron chi connectivity index (χ0n) is 11.5. The van der Waals surface area contributed by atoms with Crippen molar-refractivity contribution in [3.8, 4) is 0 Å². The number of hydrogen-bond donors (Lipinski definition) is 2. The topological polar surface area (TPSA) is 83.5 Å². The summed E-state index contributed by atoms with van der Waals surface area (Å²) in [4.78, 5) is 10.8. The van der Waals surface area contributed by atoms with E-state index < -0.39 is 16.0 Å². The summed E-state index contributed by atoms with van der Waals surface area (Å²) >= 11 is 0.725. The predicted octanol–water partition coefficient (Wildman–Crippen LogP) is 3.37. The van der Waals surface area contributed by atoms with Gasteiger partial charge < -0.3 is 5.11 Å². The highest BCUT2D eigenvalue weighted by Gasteiger charge is 2.19. The molecule has 5 nitrogen and oxygen atoms in total. The molecule has 0 amide bonds. The largest absolute Gasteiger partial charge is 0.477 e. The second kappa shape index (κ2) is 5.87. The maximum Gasteiger partial charge on any atom is 0.345 e. The summed E-state index contributed by atoms with van der Waals surface area (Å²) in [6.07, 6.45) is 0. The van der Waals surface area contributed by atoms with Crippen LogP contribution in [0.15, 0.2) is 40.6 Å². The third-order valence-corrected chi connectivity index (χ3v) is 5.83. The number of carbonyl (C=O) groups is 1. The molecule has 1 aromatic carbocycles. The number of aromatic carboxylic acids is 1. The van der Waals surface area contributed by atoms with Gasteiger partial charge in [-0.3, -0.25) is 4.72 Å². The van der Waals surface area contributed by atoms with Crippen LogP contribution in [0.1, 0.15) is 35.0 Å². The van der Waals surface area contributed by atoms with E-state index in [1.165, 1.54) is 12.1 Å². The first kappa shape index (κ1) is 15.5. The molecule has 0 aliphatic rings. The van der Waals surface area contributed by atoms with Crippen LogP contribution in [0.4, 0.5) is 5.69 Å². The normalized spacial score (nSPS) is 11.6. The van der Waals surface area contributed by atoms with Gasteiger partial charge in [0.2, 0.25) is 0 Å². The molecule has 21 heavy (non-hydrogen) atoms. The quantitative estimate of drug-likeness (QED) is 0.883. The number of carboxylic acid groups (broad SMARTS) is 1. The van der Waals surface area contributed by atoms with Crippen LogP contribution >= 0.6 is 11.3 Å². The van der Waals surface area contributed by atoms with Crippen molar-refractivity contribution in [1.29, 1.82) is 0 Å². The lowest BCUT2D eigenvalue weighted by molar-refractivity contribution is 0.0702. The Balaban J connectivity index is 2.22. The van der Waals surface area contributed by atoms with E-state index >= 15 is 0 Å². The fourth-order valence-corrected chi connectivity index (χ4v) is 3.92. The molecule has 0 aliphatic heterocycles. The van der Waals surface area contributed by atoms with Crippen LogP contribution in [0.25, 0.3) is 0 Å². The molecule has 2 aromatic rings. The van der Waals surface area contributed by atoms with Gasteiger partial charge in [0, 0.05) is 5.69 Å². The van der Waals surface area contributed by atoms with Gasteiger partial charge in [0.25, 0.3) is 10.0 Å². The molecular weight excluding hydrogens is 310 g/mol. The number of carboxylic acids is 1. The molecule has 1 aromatic heterocycles. The average Bonchev–Trinajstić information content (AvgIpc) is 2.89. The van der Waals surface area contributed by atoms with Crippen LogP contribution in [0.3, 0.4) is 0 Å². The van der Waals surface area contributed by atoms with Crippen molar-refractivity contribution in [2.45, 2.75) is 24.0 Å². The Morgan fingerprint density at radius 3 is 2.24 bits per heavy atom. The molecule has 0 bridgehead atoms. The summed E-state index contributed by atoms with van der Waals surface area (Å²) in [5.41, 5.74) is 1.56. The zero-order valence-corrected chi connectivity index (χ0v) is 13.2. The summed E-state index contributed by atoms with van der Waals surface area (Å²) < 4.78 is 26.7. The molecule has 2 rings (SSSR count). The van der Waals surface area contributed by atoms with E-state index in [9.17, 15) is 13.2 Å². The molecule has 0 fully saturated rings. The lowest BCUT2D eigenvalue weighted by atomic mass is 10.0. The minimum Gasteiger partial charge on any atom is -0.477 e. The Morgan fingerprint density at radius 2 is 1.76 bits per heavy atom. The molecule has 0 atom stereocenters. The minimum atomic E-state index is -3.75. The van der Waals surface area contributed by atoms with Crippen LogP contribution in [-0.4, -0.2) is 19.5 Å². The third-order valence-electron chi connectivity index (χ3n) is 2.89.